The zero-order valence-electron chi connectivity index (χ0n) is 6.01. The quantitative estimate of drug-likeness (QED) is 0.768. The van der Waals surface area contributed by atoms with Gasteiger partial charge in [-0.2, -0.15) is 0 Å². The minimum Gasteiger partial charge on any atom is -0.508 e. The van der Waals surface area contributed by atoms with E-state index in [1.165, 1.54) is 19.1 Å². The summed E-state index contributed by atoms with van der Waals surface area (Å²) in [5, 5.41) is 8.97. The van der Waals surface area contributed by atoms with Crippen LogP contribution in [0.15, 0.2) is 22.7 Å². The fourth-order valence-electron chi connectivity index (χ4n) is 0.839. The summed E-state index contributed by atoms with van der Waals surface area (Å²) in [7, 11) is 0. The minimum atomic E-state index is -1.01. The first-order chi connectivity index (χ1) is 5.11. The van der Waals surface area contributed by atoms with Gasteiger partial charge < -0.3 is 5.11 Å². The van der Waals surface area contributed by atoms with Crippen molar-refractivity contribution >= 4 is 15.9 Å². The van der Waals surface area contributed by atoms with Crippen LogP contribution in [-0.2, 0) is 0 Å². The number of aromatic hydroxyl groups is 1. The summed E-state index contributed by atoms with van der Waals surface area (Å²) in [6.45, 7) is 1.46. The van der Waals surface area contributed by atoms with Crippen LogP contribution in [0.1, 0.15) is 18.7 Å². The third kappa shape index (κ3) is 1.93. The first-order valence-corrected chi connectivity index (χ1v) is 4.03. The molecule has 0 radical (unpaired) electrons. The third-order valence-electron chi connectivity index (χ3n) is 1.41. The fourth-order valence-corrected chi connectivity index (χ4v) is 1.52. The average Bonchev–Trinajstić information content (AvgIpc) is 1.85. The zero-order chi connectivity index (χ0) is 8.43. The van der Waals surface area contributed by atoms with Crippen molar-refractivity contribution in [3.05, 3.63) is 28.2 Å². The van der Waals surface area contributed by atoms with E-state index in [2.05, 4.69) is 15.9 Å². The fraction of sp³-hybridized carbons (Fsp3) is 0.250. The molecule has 1 unspecified atom stereocenters. The Hall–Kier alpha value is -0.570. The highest BCUT2D eigenvalue weighted by Gasteiger charge is 2.07. The van der Waals surface area contributed by atoms with Crippen LogP contribution in [0, 0.1) is 0 Å². The van der Waals surface area contributed by atoms with E-state index in [0.29, 0.717) is 10.0 Å². The standard InChI is InChI=1S/C8H8BrFO/c1-5(10)7-3-2-6(11)4-8(7)9/h2-5,11H,1H3. The van der Waals surface area contributed by atoms with Gasteiger partial charge >= 0.3 is 0 Å². The van der Waals surface area contributed by atoms with Gasteiger partial charge in [0.05, 0.1) is 0 Å². The van der Waals surface area contributed by atoms with Gasteiger partial charge in [-0.15, -0.1) is 0 Å². The topological polar surface area (TPSA) is 20.2 Å². The molecule has 3 heteroatoms. The molecular formula is C8H8BrFO. The summed E-state index contributed by atoms with van der Waals surface area (Å²) < 4.78 is 13.3. The van der Waals surface area contributed by atoms with Gasteiger partial charge in [-0.25, -0.2) is 4.39 Å². The van der Waals surface area contributed by atoms with Crippen LogP contribution >= 0.6 is 15.9 Å². The van der Waals surface area contributed by atoms with Crippen LogP contribution in [0.3, 0.4) is 0 Å². The van der Waals surface area contributed by atoms with E-state index in [0.717, 1.165) is 0 Å². The van der Waals surface area contributed by atoms with Crippen molar-refractivity contribution in [2.24, 2.45) is 0 Å². The van der Waals surface area contributed by atoms with E-state index in [9.17, 15) is 4.39 Å². The summed E-state index contributed by atoms with van der Waals surface area (Å²) in [6.07, 6.45) is -1.01. The highest BCUT2D eigenvalue weighted by molar-refractivity contribution is 9.10. The van der Waals surface area contributed by atoms with Gasteiger partial charge in [-0.3, -0.25) is 0 Å². The number of benzene rings is 1. The highest BCUT2D eigenvalue weighted by atomic mass is 79.9. The first kappa shape index (κ1) is 8.53. The molecule has 0 aliphatic carbocycles. The van der Waals surface area contributed by atoms with Crippen LogP contribution in [0.4, 0.5) is 4.39 Å². The van der Waals surface area contributed by atoms with Crippen LogP contribution in [0.25, 0.3) is 0 Å². The second-order valence-corrected chi connectivity index (χ2v) is 3.18. The van der Waals surface area contributed by atoms with Crippen molar-refractivity contribution in [3.63, 3.8) is 0 Å². The van der Waals surface area contributed by atoms with Gasteiger partial charge in [0.1, 0.15) is 11.9 Å². The molecule has 1 rings (SSSR count). The lowest BCUT2D eigenvalue weighted by Crippen LogP contribution is -1.85. The van der Waals surface area contributed by atoms with E-state index < -0.39 is 6.17 Å². The van der Waals surface area contributed by atoms with Gasteiger partial charge in [-0.1, -0.05) is 22.0 Å². The Labute approximate surface area is 73.0 Å². The Balaban J connectivity index is 3.09. The van der Waals surface area contributed by atoms with Crippen LogP contribution in [0.5, 0.6) is 5.75 Å². The molecule has 1 N–H and O–H groups in total. The number of halogens is 2. The molecule has 60 valence electrons. The van der Waals surface area contributed by atoms with Crippen molar-refractivity contribution in [2.45, 2.75) is 13.1 Å². The number of phenolic OH excluding ortho intramolecular Hbond substituents is 1. The molecule has 1 atom stereocenters. The Morgan fingerprint density at radius 1 is 1.55 bits per heavy atom. The van der Waals surface area contributed by atoms with E-state index in [-0.39, 0.29) is 5.75 Å². The first-order valence-electron chi connectivity index (χ1n) is 3.23. The van der Waals surface area contributed by atoms with Crippen LogP contribution < -0.4 is 0 Å². The number of phenols is 1. The Bertz CT molecular complexity index is 260. The third-order valence-corrected chi connectivity index (χ3v) is 2.10. The monoisotopic (exact) mass is 218 g/mol. The van der Waals surface area contributed by atoms with Crippen LogP contribution in [-0.4, -0.2) is 5.11 Å². The molecule has 1 aromatic rings. The van der Waals surface area contributed by atoms with E-state index in [1.807, 2.05) is 0 Å². The van der Waals surface area contributed by atoms with Gasteiger partial charge in [0.2, 0.25) is 0 Å². The Kier molecular flexibility index (Phi) is 2.49. The van der Waals surface area contributed by atoms with Crippen molar-refractivity contribution in [2.75, 3.05) is 0 Å². The second-order valence-electron chi connectivity index (χ2n) is 2.32. The molecule has 1 aromatic carbocycles. The maximum absolute atomic E-state index is 12.7. The summed E-state index contributed by atoms with van der Waals surface area (Å²) in [4.78, 5) is 0. The molecular weight excluding hydrogens is 211 g/mol. The molecule has 0 heterocycles. The molecule has 0 saturated carbocycles. The number of hydrogen-bond acceptors (Lipinski definition) is 1. The van der Waals surface area contributed by atoms with Crippen molar-refractivity contribution in [3.8, 4) is 5.75 Å². The SMILES string of the molecule is CC(F)c1ccc(O)cc1Br. The summed E-state index contributed by atoms with van der Waals surface area (Å²) in [6, 6.07) is 4.51. The molecule has 0 spiro atoms. The summed E-state index contributed by atoms with van der Waals surface area (Å²) >= 11 is 3.15. The average molecular weight is 219 g/mol. The predicted octanol–water partition coefficient (Wildman–Crippen LogP) is 3.19. The van der Waals surface area contributed by atoms with Gasteiger partial charge in [0, 0.05) is 10.0 Å². The second kappa shape index (κ2) is 3.22. The normalized spacial score (nSPS) is 13.0. The van der Waals surface area contributed by atoms with Gasteiger partial charge in [0.15, 0.2) is 0 Å². The van der Waals surface area contributed by atoms with E-state index in [4.69, 9.17) is 5.11 Å². The maximum atomic E-state index is 12.7. The molecule has 1 nitrogen and oxygen atoms in total. The molecule has 0 aliphatic heterocycles. The van der Waals surface area contributed by atoms with Crippen molar-refractivity contribution in [1.82, 2.24) is 0 Å². The maximum Gasteiger partial charge on any atom is 0.123 e. The largest absolute Gasteiger partial charge is 0.508 e. The molecule has 0 aliphatic rings. The Morgan fingerprint density at radius 2 is 2.18 bits per heavy atom. The molecule has 0 aromatic heterocycles. The van der Waals surface area contributed by atoms with Crippen LogP contribution in [0.2, 0.25) is 0 Å². The molecule has 0 bridgehead atoms. The number of rotatable bonds is 1. The lowest BCUT2D eigenvalue weighted by molar-refractivity contribution is 0.372. The Morgan fingerprint density at radius 3 is 2.64 bits per heavy atom. The predicted molar refractivity (Wildman–Crippen MR) is 45.3 cm³/mol. The smallest absolute Gasteiger partial charge is 0.123 e. The summed E-state index contributed by atoms with van der Waals surface area (Å²) in [5.41, 5.74) is 0.558. The minimum absolute atomic E-state index is 0.140. The van der Waals surface area contributed by atoms with Crippen molar-refractivity contribution < 1.29 is 9.50 Å². The highest BCUT2D eigenvalue weighted by Crippen LogP contribution is 2.28. The van der Waals surface area contributed by atoms with E-state index >= 15 is 0 Å². The van der Waals surface area contributed by atoms with Gasteiger partial charge in [-0.05, 0) is 19.1 Å². The molecule has 0 saturated heterocycles. The number of hydrogen-bond donors (Lipinski definition) is 1. The molecule has 11 heavy (non-hydrogen) atoms. The lowest BCUT2D eigenvalue weighted by Gasteiger charge is -2.04. The molecule has 0 fully saturated rings. The van der Waals surface area contributed by atoms with Gasteiger partial charge in [0.25, 0.3) is 0 Å². The zero-order valence-corrected chi connectivity index (χ0v) is 7.60. The number of alkyl halides is 1. The van der Waals surface area contributed by atoms with Crippen molar-refractivity contribution in [1.29, 1.82) is 0 Å². The lowest BCUT2D eigenvalue weighted by atomic mass is 10.1. The molecule has 0 amide bonds. The summed E-state index contributed by atoms with van der Waals surface area (Å²) in [5.74, 6) is 0.140. The van der Waals surface area contributed by atoms with E-state index in [1.54, 1.807) is 6.07 Å².